The number of aromatic carboxylic acids is 1. The highest BCUT2D eigenvalue weighted by molar-refractivity contribution is 7.90. The Morgan fingerprint density at radius 2 is 1.97 bits per heavy atom. The Hall–Kier alpha value is -2.68. The zero-order valence-electron chi connectivity index (χ0n) is 16.8. The van der Waals surface area contributed by atoms with Crippen LogP contribution in [0.3, 0.4) is 0 Å². The van der Waals surface area contributed by atoms with E-state index in [2.05, 4.69) is 4.98 Å². The van der Waals surface area contributed by atoms with Gasteiger partial charge >= 0.3 is 5.97 Å². The molecule has 1 saturated heterocycles. The Morgan fingerprint density at radius 3 is 2.55 bits per heavy atom. The van der Waals surface area contributed by atoms with Crippen molar-refractivity contribution in [1.82, 2.24) is 14.5 Å². The molecule has 0 unspecified atom stereocenters. The van der Waals surface area contributed by atoms with E-state index >= 15 is 0 Å². The molecule has 1 aromatic heterocycles. The lowest BCUT2D eigenvalue weighted by molar-refractivity contribution is 0.0672. The van der Waals surface area contributed by atoms with Gasteiger partial charge in [-0.3, -0.25) is 9.36 Å². The van der Waals surface area contributed by atoms with Crippen molar-refractivity contribution in [3.05, 3.63) is 41.0 Å². The Labute approximate surface area is 169 Å². The molecule has 1 N–H and O–H groups in total. The number of carboxylic acids is 1. The Kier molecular flexibility index (Phi) is 4.17. The molecule has 1 fully saturated rings. The van der Waals surface area contributed by atoms with Gasteiger partial charge in [0.2, 0.25) is 0 Å². The summed E-state index contributed by atoms with van der Waals surface area (Å²) in [6.07, 6.45) is 2.38. The number of aromatic nitrogens is 2. The normalized spacial score (nSPS) is 18.8. The zero-order chi connectivity index (χ0) is 21.3. The molecule has 8 nitrogen and oxygen atoms in total. The molecule has 0 saturated carbocycles. The van der Waals surface area contributed by atoms with E-state index in [4.69, 9.17) is 0 Å². The van der Waals surface area contributed by atoms with Crippen LogP contribution in [0.25, 0.3) is 5.69 Å². The van der Waals surface area contributed by atoms with Crippen LogP contribution in [-0.2, 0) is 15.3 Å². The molecule has 1 atom stereocenters. The second-order valence-electron chi connectivity index (χ2n) is 8.64. The average molecular weight is 417 g/mol. The SMILES string of the molecule is CC(C)(C)c1nc(C(=O)O)c2n1-c1cccc(S(C)(=O)=O)c1C(=O)N1CCC[C@@H]21. The summed E-state index contributed by atoms with van der Waals surface area (Å²) in [6.45, 7) is 6.17. The highest BCUT2D eigenvalue weighted by atomic mass is 32.2. The number of carbonyl (C=O) groups excluding carboxylic acids is 1. The summed E-state index contributed by atoms with van der Waals surface area (Å²) in [5, 5.41) is 9.85. The number of amides is 1. The maximum atomic E-state index is 13.5. The van der Waals surface area contributed by atoms with Gasteiger partial charge in [-0.05, 0) is 25.0 Å². The molecule has 9 heteroatoms. The summed E-state index contributed by atoms with van der Waals surface area (Å²) in [5.41, 5.74) is 0.278. The molecule has 4 rings (SSSR count). The van der Waals surface area contributed by atoms with Crippen LogP contribution in [-0.4, -0.2) is 52.7 Å². The minimum atomic E-state index is -3.68. The van der Waals surface area contributed by atoms with Crippen LogP contribution in [0.2, 0.25) is 0 Å². The summed E-state index contributed by atoms with van der Waals surface area (Å²) in [6, 6.07) is 4.21. The standard InChI is InChI=1S/C20H23N3O5S/c1-20(2,3)19-21-15(18(25)26)16-12-8-6-10-22(12)17(24)14-11(23(16)19)7-5-9-13(14)29(4,27)28/h5,7,9,12H,6,8,10H2,1-4H3,(H,25,26)/t12-/m0/s1. The summed E-state index contributed by atoms with van der Waals surface area (Å²) in [7, 11) is -3.68. The van der Waals surface area contributed by atoms with Crippen molar-refractivity contribution in [2.75, 3.05) is 12.8 Å². The highest BCUT2D eigenvalue weighted by Gasteiger charge is 2.44. The lowest BCUT2D eigenvalue weighted by Gasteiger charge is -2.23. The van der Waals surface area contributed by atoms with Crippen LogP contribution in [0, 0.1) is 0 Å². The van der Waals surface area contributed by atoms with E-state index in [9.17, 15) is 23.1 Å². The van der Waals surface area contributed by atoms with E-state index in [1.807, 2.05) is 20.8 Å². The highest BCUT2D eigenvalue weighted by Crippen LogP contribution is 2.43. The van der Waals surface area contributed by atoms with Crippen molar-refractivity contribution in [1.29, 1.82) is 0 Å². The number of carboxylic acid groups (broad SMARTS) is 1. The van der Waals surface area contributed by atoms with Gasteiger partial charge < -0.3 is 10.0 Å². The number of rotatable bonds is 2. The first-order chi connectivity index (χ1) is 13.4. The third-order valence-electron chi connectivity index (χ3n) is 5.47. The number of hydrogen-bond acceptors (Lipinski definition) is 5. The lowest BCUT2D eigenvalue weighted by Crippen LogP contribution is -2.31. The maximum absolute atomic E-state index is 13.5. The predicted octanol–water partition coefficient (Wildman–Crippen LogP) is 2.56. The summed E-state index contributed by atoms with van der Waals surface area (Å²) >= 11 is 0. The van der Waals surface area contributed by atoms with Crippen LogP contribution >= 0.6 is 0 Å². The van der Waals surface area contributed by atoms with Crippen molar-refractivity contribution < 1.29 is 23.1 Å². The lowest BCUT2D eigenvalue weighted by atomic mass is 9.95. The number of imidazole rings is 1. The molecule has 0 radical (unpaired) electrons. The second kappa shape index (κ2) is 6.16. The minimum Gasteiger partial charge on any atom is -0.476 e. The Morgan fingerprint density at radius 1 is 1.28 bits per heavy atom. The van der Waals surface area contributed by atoms with Gasteiger partial charge in [0.25, 0.3) is 5.91 Å². The molecule has 2 aliphatic rings. The number of benzene rings is 1. The van der Waals surface area contributed by atoms with Gasteiger partial charge in [0.1, 0.15) is 5.82 Å². The molecule has 154 valence electrons. The fraction of sp³-hybridized carbons (Fsp3) is 0.450. The summed E-state index contributed by atoms with van der Waals surface area (Å²) < 4.78 is 26.7. The van der Waals surface area contributed by atoms with E-state index in [1.54, 1.807) is 21.6 Å². The number of fused-ring (bicyclic) bond motifs is 5. The van der Waals surface area contributed by atoms with E-state index < -0.39 is 27.3 Å². The Bertz CT molecular complexity index is 1160. The first kappa shape index (κ1) is 19.6. The van der Waals surface area contributed by atoms with Crippen LogP contribution in [0.4, 0.5) is 0 Å². The molecule has 0 spiro atoms. The summed E-state index contributed by atoms with van der Waals surface area (Å²) in [5.74, 6) is -1.06. The van der Waals surface area contributed by atoms with E-state index in [0.717, 1.165) is 6.26 Å². The van der Waals surface area contributed by atoms with Crippen molar-refractivity contribution in [2.24, 2.45) is 0 Å². The number of sulfone groups is 1. The first-order valence-corrected chi connectivity index (χ1v) is 11.3. The third kappa shape index (κ3) is 2.87. The van der Waals surface area contributed by atoms with Crippen molar-refractivity contribution in [3.8, 4) is 5.69 Å². The number of hydrogen-bond donors (Lipinski definition) is 1. The van der Waals surface area contributed by atoms with Gasteiger partial charge in [-0.15, -0.1) is 0 Å². The molecular formula is C20H23N3O5S. The molecule has 1 aromatic carbocycles. The third-order valence-corrected chi connectivity index (χ3v) is 6.61. The minimum absolute atomic E-state index is 0.0519. The van der Waals surface area contributed by atoms with Gasteiger partial charge in [0.15, 0.2) is 15.5 Å². The molecular weight excluding hydrogens is 394 g/mol. The van der Waals surface area contributed by atoms with Gasteiger partial charge in [0.05, 0.1) is 27.9 Å². The molecule has 2 aromatic rings. The Balaban J connectivity index is 2.21. The fourth-order valence-corrected chi connectivity index (χ4v) is 5.20. The molecule has 3 heterocycles. The maximum Gasteiger partial charge on any atom is 0.356 e. The van der Waals surface area contributed by atoms with Crippen molar-refractivity contribution in [3.63, 3.8) is 0 Å². The molecule has 0 bridgehead atoms. The topological polar surface area (TPSA) is 110 Å². The van der Waals surface area contributed by atoms with Gasteiger partial charge in [-0.25, -0.2) is 18.2 Å². The summed E-state index contributed by atoms with van der Waals surface area (Å²) in [4.78, 5) is 31.5. The van der Waals surface area contributed by atoms with Crippen LogP contribution in [0.15, 0.2) is 23.1 Å². The quantitative estimate of drug-likeness (QED) is 0.804. The van der Waals surface area contributed by atoms with Crippen molar-refractivity contribution in [2.45, 2.75) is 50.0 Å². The van der Waals surface area contributed by atoms with Crippen molar-refractivity contribution >= 4 is 21.7 Å². The van der Waals surface area contributed by atoms with E-state index in [0.29, 0.717) is 36.6 Å². The van der Waals surface area contributed by atoms with E-state index in [-0.39, 0.29) is 22.1 Å². The van der Waals surface area contributed by atoms with E-state index in [1.165, 1.54) is 6.07 Å². The van der Waals surface area contributed by atoms with Crippen LogP contribution < -0.4 is 0 Å². The predicted molar refractivity (Wildman–Crippen MR) is 105 cm³/mol. The first-order valence-electron chi connectivity index (χ1n) is 9.43. The van der Waals surface area contributed by atoms with Crippen LogP contribution in [0.1, 0.15) is 72.0 Å². The van der Waals surface area contributed by atoms with Gasteiger partial charge in [-0.1, -0.05) is 26.8 Å². The van der Waals surface area contributed by atoms with Gasteiger partial charge in [-0.2, -0.15) is 0 Å². The molecule has 2 aliphatic heterocycles. The number of carbonyl (C=O) groups is 2. The second-order valence-corrected chi connectivity index (χ2v) is 10.6. The number of nitrogens with zero attached hydrogens (tertiary/aromatic N) is 3. The average Bonchev–Trinajstić information content (AvgIpc) is 3.21. The largest absolute Gasteiger partial charge is 0.476 e. The zero-order valence-corrected chi connectivity index (χ0v) is 17.6. The fourth-order valence-electron chi connectivity index (χ4n) is 4.31. The molecule has 0 aliphatic carbocycles. The molecule has 1 amide bonds. The van der Waals surface area contributed by atoms with Crippen LogP contribution in [0.5, 0.6) is 0 Å². The monoisotopic (exact) mass is 417 g/mol. The molecule has 29 heavy (non-hydrogen) atoms. The van der Waals surface area contributed by atoms with Gasteiger partial charge in [0, 0.05) is 18.2 Å². The smallest absolute Gasteiger partial charge is 0.356 e.